The van der Waals surface area contributed by atoms with E-state index in [1.165, 1.54) is 18.5 Å². The number of hydrogen-bond donors (Lipinski definition) is 2. The predicted octanol–water partition coefficient (Wildman–Crippen LogP) is 1.85. The molecule has 2 aromatic rings. The molecule has 0 aliphatic carbocycles. The van der Waals surface area contributed by atoms with E-state index in [4.69, 9.17) is 9.52 Å². The first-order chi connectivity index (χ1) is 7.59. The molecule has 0 bridgehead atoms. The van der Waals surface area contributed by atoms with Gasteiger partial charge in [0.1, 0.15) is 5.69 Å². The molecule has 0 aliphatic rings. The summed E-state index contributed by atoms with van der Waals surface area (Å²) in [6.45, 7) is 1.75. The highest BCUT2D eigenvalue weighted by Gasteiger charge is 2.17. The lowest BCUT2D eigenvalue weighted by Crippen LogP contribution is -2.00. The van der Waals surface area contributed by atoms with Crippen LogP contribution in [-0.2, 0) is 0 Å². The van der Waals surface area contributed by atoms with Crippen LogP contribution >= 0.6 is 0 Å². The predicted molar refractivity (Wildman–Crippen MR) is 54.6 cm³/mol. The van der Waals surface area contributed by atoms with Gasteiger partial charge in [-0.2, -0.15) is 0 Å². The van der Waals surface area contributed by atoms with Crippen LogP contribution < -0.4 is 0 Å². The van der Waals surface area contributed by atoms with Crippen LogP contribution in [0.15, 0.2) is 29.0 Å². The van der Waals surface area contributed by atoms with Crippen molar-refractivity contribution in [2.45, 2.75) is 6.92 Å². The van der Waals surface area contributed by atoms with Crippen molar-refractivity contribution < 1.29 is 19.1 Å². The summed E-state index contributed by atoms with van der Waals surface area (Å²) in [5, 5.41) is 8.70. The van der Waals surface area contributed by atoms with Gasteiger partial charge in [0.15, 0.2) is 5.76 Å². The number of carbonyl (C=O) groups excluding carboxylic acids is 1. The van der Waals surface area contributed by atoms with Crippen LogP contribution in [0, 0.1) is 6.92 Å². The first kappa shape index (κ1) is 10.2. The lowest BCUT2D eigenvalue weighted by molar-refractivity contribution is 0.0691. The van der Waals surface area contributed by atoms with E-state index >= 15 is 0 Å². The van der Waals surface area contributed by atoms with Crippen molar-refractivity contribution in [3.63, 3.8) is 0 Å². The summed E-state index contributed by atoms with van der Waals surface area (Å²) < 4.78 is 5.04. The average Bonchev–Trinajstić information content (AvgIpc) is 2.84. The molecule has 16 heavy (non-hydrogen) atoms. The Labute approximate surface area is 90.7 Å². The van der Waals surface area contributed by atoms with Crippen LogP contribution in [0.3, 0.4) is 0 Å². The van der Waals surface area contributed by atoms with Gasteiger partial charge in [0, 0.05) is 11.8 Å². The molecule has 0 aliphatic heterocycles. The monoisotopic (exact) mass is 219 g/mol. The maximum Gasteiger partial charge on any atom is 0.352 e. The molecule has 0 amide bonds. The fourth-order valence-corrected chi connectivity index (χ4v) is 1.39. The van der Waals surface area contributed by atoms with Crippen molar-refractivity contribution >= 4 is 11.8 Å². The van der Waals surface area contributed by atoms with Crippen LogP contribution in [0.4, 0.5) is 0 Å². The molecular formula is C11H9NO4. The summed E-state index contributed by atoms with van der Waals surface area (Å²) in [5.74, 6) is -1.20. The average molecular weight is 219 g/mol. The molecule has 0 saturated heterocycles. The molecule has 5 nitrogen and oxygen atoms in total. The zero-order valence-corrected chi connectivity index (χ0v) is 8.48. The van der Waals surface area contributed by atoms with E-state index in [1.807, 2.05) is 0 Å². The number of rotatable bonds is 3. The number of nitrogens with one attached hydrogen (secondary N) is 1. The second kappa shape index (κ2) is 3.69. The first-order valence-electron chi connectivity index (χ1n) is 4.60. The summed E-state index contributed by atoms with van der Waals surface area (Å²) in [5.41, 5.74) is 0.978. The molecule has 0 atom stereocenters. The largest absolute Gasteiger partial charge is 0.477 e. The highest BCUT2D eigenvalue weighted by atomic mass is 16.4. The minimum Gasteiger partial charge on any atom is -0.477 e. The van der Waals surface area contributed by atoms with Gasteiger partial charge in [-0.1, -0.05) is 0 Å². The van der Waals surface area contributed by atoms with Gasteiger partial charge < -0.3 is 14.5 Å². The van der Waals surface area contributed by atoms with E-state index in [1.54, 1.807) is 13.0 Å². The molecule has 2 aromatic heterocycles. The lowest BCUT2D eigenvalue weighted by atomic mass is 10.1. The van der Waals surface area contributed by atoms with Crippen molar-refractivity contribution in [2.24, 2.45) is 0 Å². The molecule has 82 valence electrons. The molecule has 5 heteroatoms. The van der Waals surface area contributed by atoms with Gasteiger partial charge in [-0.15, -0.1) is 0 Å². The maximum absolute atomic E-state index is 11.9. The lowest BCUT2D eigenvalue weighted by Gasteiger charge is -1.93. The van der Waals surface area contributed by atoms with Crippen LogP contribution in [0.1, 0.15) is 32.2 Å². The fourth-order valence-electron chi connectivity index (χ4n) is 1.39. The highest BCUT2D eigenvalue weighted by molar-refractivity contribution is 6.08. The van der Waals surface area contributed by atoms with E-state index in [-0.39, 0.29) is 22.8 Å². The minimum atomic E-state index is -1.10. The second-order valence-corrected chi connectivity index (χ2v) is 3.37. The number of carbonyl (C=O) groups is 2. The number of furan rings is 1. The van der Waals surface area contributed by atoms with Crippen LogP contribution in [0.25, 0.3) is 0 Å². The third-order valence-corrected chi connectivity index (χ3v) is 2.24. The van der Waals surface area contributed by atoms with Gasteiger partial charge in [0.25, 0.3) is 0 Å². The number of aromatic amines is 1. The Balaban J connectivity index is 2.35. The maximum atomic E-state index is 11.9. The highest BCUT2D eigenvalue weighted by Crippen LogP contribution is 2.15. The van der Waals surface area contributed by atoms with Gasteiger partial charge in [0.2, 0.25) is 5.78 Å². The molecule has 0 spiro atoms. The number of ketones is 1. The van der Waals surface area contributed by atoms with Crippen molar-refractivity contribution in [3.8, 4) is 0 Å². The van der Waals surface area contributed by atoms with E-state index in [0.29, 0.717) is 0 Å². The molecule has 0 radical (unpaired) electrons. The number of aromatic carboxylic acids is 1. The molecule has 0 saturated carbocycles. The zero-order valence-electron chi connectivity index (χ0n) is 8.48. The van der Waals surface area contributed by atoms with Gasteiger partial charge in [0.05, 0.1) is 6.26 Å². The van der Waals surface area contributed by atoms with E-state index < -0.39 is 5.97 Å². The molecule has 0 fully saturated rings. The van der Waals surface area contributed by atoms with Gasteiger partial charge in [-0.05, 0) is 24.6 Å². The van der Waals surface area contributed by atoms with Crippen LogP contribution in [0.2, 0.25) is 0 Å². The Kier molecular flexibility index (Phi) is 2.36. The standard InChI is InChI=1S/C11H9NO4/c1-6-2-3-16-10(6)9(13)7-4-8(11(14)15)12-5-7/h2-5,12H,1H3,(H,14,15). The Hall–Kier alpha value is -2.30. The molecule has 2 heterocycles. The summed E-state index contributed by atoms with van der Waals surface area (Å²) in [6.07, 6.45) is 2.78. The molecule has 2 N–H and O–H groups in total. The third kappa shape index (κ3) is 1.63. The van der Waals surface area contributed by atoms with Gasteiger partial charge in [-0.3, -0.25) is 4.79 Å². The number of carboxylic acid groups (broad SMARTS) is 1. The summed E-state index contributed by atoms with van der Waals surface area (Å²) in [4.78, 5) is 25.0. The Morgan fingerprint density at radius 3 is 2.69 bits per heavy atom. The van der Waals surface area contributed by atoms with Crippen molar-refractivity contribution in [1.29, 1.82) is 0 Å². The molecule has 2 rings (SSSR count). The van der Waals surface area contributed by atoms with Crippen LogP contribution in [0.5, 0.6) is 0 Å². The summed E-state index contributed by atoms with van der Waals surface area (Å²) >= 11 is 0. The quantitative estimate of drug-likeness (QED) is 0.771. The SMILES string of the molecule is Cc1ccoc1C(=O)c1c[nH]c(C(=O)O)c1. The molecule has 0 aromatic carbocycles. The molecule has 0 unspecified atom stereocenters. The van der Waals surface area contributed by atoms with E-state index in [9.17, 15) is 9.59 Å². The number of carboxylic acids is 1. The van der Waals surface area contributed by atoms with Gasteiger partial charge in [-0.25, -0.2) is 4.79 Å². The number of hydrogen-bond acceptors (Lipinski definition) is 3. The van der Waals surface area contributed by atoms with E-state index in [2.05, 4.69) is 4.98 Å². The smallest absolute Gasteiger partial charge is 0.352 e. The van der Waals surface area contributed by atoms with Gasteiger partial charge >= 0.3 is 5.97 Å². The Bertz CT molecular complexity index is 550. The Morgan fingerprint density at radius 1 is 1.44 bits per heavy atom. The minimum absolute atomic E-state index is 0.0208. The van der Waals surface area contributed by atoms with Crippen molar-refractivity contribution in [2.75, 3.05) is 0 Å². The molecular weight excluding hydrogens is 210 g/mol. The van der Waals surface area contributed by atoms with Crippen molar-refractivity contribution in [3.05, 3.63) is 47.2 Å². The first-order valence-corrected chi connectivity index (χ1v) is 4.60. The fraction of sp³-hybridized carbons (Fsp3) is 0.0909. The topological polar surface area (TPSA) is 83.3 Å². The number of aromatic nitrogens is 1. The van der Waals surface area contributed by atoms with Crippen LogP contribution in [-0.4, -0.2) is 21.8 Å². The third-order valence-electron chi connectivity index (χ3n) is 2.24. The zero-order chi connectivity index (χ0) is 11.7. The number of H-pyrrole nitrogens is 1. The van der Waals surface area contributed by atoms with Crippen molar-refractivity contribution in [1.82, 2.24) is 4.98 Å². The Morgan fingerprint density at radius 2 is 2.19 bits per heavy atom. The summed E-state index contributed by atoms with van der Waals surface area (Å²) in [6, 6.07) is 2.96. The summed E-state index contributed by atoms with van der Waals surface area (Å²) in [7, 11) is 0. The normalized spacial score (nSPS) is 10.3. The van der Waals surface area contributed by atoms with E-state index in [0.717, 1.165) is 5.56 Å². The number of aryl methyl sites for hydroxylation is 1. The second-order valence-electron chi connectivity index (χ2n) is 3.37.